The highest BCUT2D eigenvalue weighted by atomic mass is 16.1. The van der Waals surface area contributed by atoms with Gasteiger partial charge >= 0.3 is 0 Å². The largest absolute Gasteiger partial charge is 0.326 e. The van der Waals surface area contributed by atoms with Gasteiger partial charge in [-0.25, -0.2) is 0 Å². The zero-order chi connectivity index (χ0) is 16.0. The summed E-state index contributed by atoms with van der Waals surface area (Å²) in [4.78, 5) is 22.2. The van der Waals surface area contributed by atoms with Gasteiger partial charge in [-0.2, -0.15) is 0 Å². The number of carbonyl (C=O) groups is 1. The third-order valence-corrected chi connectivity index (χ3v) is 3.79. The van der Waals surface area contributed by atoms with Crippen LogP contribution in [0.15, 0.2) is 24.3 Å². The molecule has 0 heterocycles. The van der Waals surface area contributed by atoms with Crippen molar-refractivity contribution in [2.24, 2.45) is 0 Å². The van der Waals surface area contributed by atoms with Crippen LogP contribution in [0.4, 0.5) is 5.69 Å². The highest BCUT2D eigenvalue weighted by Gasteiger charge is 2.02. The van der Waals surface area contributed by atoms with E-state index in [0.29, 0.717) is 12.0 Å². The van der Waals surface area contributed by atoms with Gasteiger partial charge in [0.1, 0.15) is 0 Å². The molecular formula is C19H28NO2. The molecule has 1 aromatic carbocycles. The molecule has 0 unspecified atom stereocenters. The number of nitrogens with one attached hydrogen (secondary N) is 1. The van der Waals surface area contributed by atoms with E-state index in [0.717, 1.165) is 18.5 Å². The number of hydrogen-bond donors (Lipinski definition) is 1. The van der Waals surface area contributed by atoms with Gasteiger partial charge in [-0.15, -0.1) is 0 Å². The fourth-order valence-electron chi connectivity index (χ4n) is 2.44. The van der Waals surface area contributed by atoms with E-state index in [-0.39, 0.29) is 5.91 Å². The number of hydrogen-bond acceptors (Lipinski definition) is 2. The molecule has 0 bridgehead atoms. The summed E-state index contributed by atoms with van der Waals surface area (Å²) in [5, 5.41) is 2.85. The van der Waals surface area contributed by atoms with Crippen LogP contribution in [0.5, 0.6) is 0 Å². The predicted octanol–water partition coefficient (Wildman–Crippen LogP) is 5.00. The smallest absolute Gasteiger partial charge is 0.233 e. The van der Waals surface area contributed by atoms with Crippen molar-refractivity contribution in [3.8, 4) is 0 Å². The van der Waals surface area contributed by atoms with Crippen molar-refractivity contribution >= 4 is 17.9 Å². The number of amides is 1. The molecule has 0 aliphatic heterocycles. The number of anilines is 1. The van der Waals surface area contributed by atoms with Gasteiger partial charge in [0.2, 0.25) is 12.2 Å². The van der Waals surface area contributed by atoms with Crippen LogP contribution >= 0.6 is 0 Å². The minimum absolute atomic E-state index is 0.0470. The SMILES string of the molecule is CCCCCCCCCCCC(=O)Nc1ccc([C]=O)cc1. The Hall–Kier alpha value is -1.64. The molecule has 0 aliphatic carbocycles. The first-order valence-corrected chi connectivity index (χ1v) is 8.54. The summed E-state index contributed by atoms with van der Waals surface area (Å²) in [5.74, 6) is 0.0470. The second-order valence-electron chi connectivity index (χ2n) is 5.81. The normalized spacial score (nSPS) is 10.4. The highest BCUT2D eigenvalue weighted by molar-refractivity contribution is 5.91. The summed E-state index contributed by atoms with van der Waals surface area (Å²) in [6.07, 6.45) is 13.7. The molecule has 1 radical (unpaired) electrons. The fourth-order valence-corrected chi connectivity index (χ4v) is 2.44. The van der Waals surface area contributed by atoms with E-state index in [2.05, 4.69) is 12.2 Å². The van der Waals surface area contributed by atoms with Crippen molar-refractivity contribution in [1.29, 1.82) is 0 Å². The molecule has 1 N–H and O–H groups in total. The van der Waals surface area contributed by atoms with Crippen LogP contribution in [0.1, 0.15) is 76.7 Å². The first-order valence-electron chi connectivity index (χ1n) is 8.54. The maximum atomic E-state index is 11.8. The van der Waals surface area contributed by atoms with Gasteiger partial charge in [-0.05, 0) is 30.7 Å². The Bertz CT molecular complexity index is 426. The van der Waals surface area contributed by atoms with Gasteiger partial charge in [-0.1, -0.05) is 58.3 Å². The molecule has 0 fully saturated rings. The van der Waals surface area contributed by atoms with Gasteiger partial charge in [0.25, 0.3) is 0 Å². The van der Waals surface area contributed by atoms with Gasteiger partial charge < -0.3 is 5.32 Å². The summed E-state index contributed by atoms with van der Waals surface area (Å²) < 4.78 is 0. The Morgan fingerprint density at radius 3 is 2.00 bits per heavy atom. The van der Waals surface area contributed by atoms with Crippen molar-refractivity contribution < 1.29 is 9.59 Å². The summed E-state index contributed by atoms with van der Waals surface area (Å²) >= 11 is 0. The molecule has 3 heteroatoms. The van der Waals surface area contributed by atoms with E-state index in [1.807, 2.05) is 6.29 Å². The molecule has 1 amide bonds. The van der Waals surface area contributed by atoms with Gasteiger partial charge in [0, 0.05) is 17.7 Å². The maximum absolute atomic E-state index is 11.8. The van der Waals surface area contributed by atoms with Crippen LogP contribution < -0.4 is 5.32 Å². The highest BCUT2D eigenvalue weighted by Crippen LogP contribution is 2.12. The average molecular weight is 302 g/mol. The van der Waals surface area contributed by atoms with Crippen molar-refractivity contribution in [3.05, 3.63) is 29.8 Å². The molecule has 22 heavy (non-hydrogen) atoms. The third-order valence-electron chi connectivity index (χ3n) is 3.79. The molecule has 0 aromatic heterocycles. The molecule has 0 aliphatic rings. The Balaban J connectivity index is 2.02. The molecule has 1 aromatic rings. The molecule has 0 spiro atoms. The van der Waals surface area contributed by atoms with Crippen LogP contribution in [0.2, 0.25) is 0 Å². The molecule has 0 saturated carbocycles. The van der Waals surface area contributed by atoms with E-state index < -0.39 is 0 Å². The Morgan fingerprint density at radius 1 is 0.909 bits per heavy atom. The quantitative estimate of drug-likeness (QED) is 0.552. The number of carbonyl (C=O) groups excluding carboxylic acids is 2. The summed E-state index contributed by atoms with van der Waals surface area (Å²) in [7, 11) is 0. The van der Waals surface area contributed by atoms with Crippen molar-refractivity contribution in [2.75, 3.05) is 5.32 Å². The summed E-state index contributed by atoms with van der Waals surface area (Å²) in [6.45, 7) is 2.24. The molecule has 0 atom stereocenters. The van der Waals surface area contributed by atoms with Crippen LogP contribution in [0.3, 0.4) is 0 Å². The maximum Gasteiger partial charge on any atom is 0.233 e. The van der Waals surface area contributed by atoms with Crippen LogP contribution in [-0.2, 0) is 9.59 Å². The zero-order valence-corrected chi connectivity index (χ0v) is 13.7. The van der Waals surface area contributed by atoms with Crippen molar-refractivity contribution in [2.45, 2.75) is 71.1 Å². The Morgan fingerprint density at radius 2 is 1.45 bits per heavy atom. The second-order valence-corrected chi connectivity index (χ2v) is 5.81. The first kappa shape index (κ1) is 18.4. The van der Waals surface area contributed by atoms with E-state index in [9.17, 15) is 9.59 Å². The van der Waals surface area contributed by atoms with Gasteiger partial charge in [0.05, 0.1) is 0 Å². The van der Waals surface area contributed by atoms with Crippen LogP contribution in [0, 0.1) is 0 Å². The number of unbranched alkanes of at least 4 members (excludes halogenated alkanes) is 8. The number of benzene rings is 1. The van der Waals surface area contributed by atoms with Gasteiger partial charge in [-0.3, -0.25) is 9.59 Å². The summed E-state index contributed by atoms with van der Waals surface area (Å²) in [5.41, 5.74) is 1.23. The number of rotatable bonds is 12. The lowest BCUT2D eigenvalue weighted by atomic mass is 10.1. The minimum Gasteiger partial charge on any atom is -0.326 e. The van der Waals surface area contributed by atoms with E-state index in [1.54, 1.807) is 24.3 Å². The fraction of sp³-hybridized carbons (Fsp3) is 0.579. The second kappa shape index (κ2) is 12.0. The molecular weight excluding hydrogens is 274 g/mol. The Labute approximate surface area is 134 Å². The van der Waals surface area contributed by atoms with Gasteiger partial charge in [0.15, 0.2) is 0 Å². The molecule has 1 rings (SSSR count). The first-order chi connectivity index (χ1) is 10.8. The van der Waals surface area contributed by atoms with E-state index in [4.69, 9.17) is 0 Å². The lowest BCUT2D eigenvalue weighted by molar-refractivity contribution is -0.116. The molecule has 121 valence electrons. The third kappa shape index (κ3) is 8.60. The molecule has 3 nitrogen and oxygen atoms in total. The van der Waals surface area contributed by atoms with E-state index >= 15 is 0 Å². The standard InChI is InChI=1S/C19H28NO2/c1-2-3-4-5-6-7-8-9-10-11-19(22)20-18-14-12-17(16-21)13-15-18/h12-15H,2-11H2,1H3,(H,20,22). The monoisotopic (exact) mass is 302 g/mol. The van der Waals surface area contributed by atoms with Crippen molar-refractivity contribution in [1.82, 2.24) is 0 Å². The average Bonchev–Trinajstić information content (AvgIpc) is 2.54. The minimum atomic E-state index is 0.0470. The summed E-state index contributed by atoms with van der Waals surface area (Å²) in [6, 6.07) is 6.77. The van der Waals surface area contributed by atoms with Crippen molar-refractivity contribution in [3.63, 3.8) is 0 Å². The molecule has 0 saturated heterocycles. The van der Waals surface area contributed by atoms with Crippen LogP contribution in [-0.4, -0.2) is 12.2 Å². The Kier molecular flexibility index (Phi) is 10.0. The predicted molar refractivity (Wildman–Crippen MR) is 91.7 cm³/mol. The topological polar surface area (TPSA) is 46.2 Å². The lowest BCUT2D eigenvalue weighted by Gasteiger charge is -2.05. The zero-order valence-electron chi connectivity index (χ0n) is 13.7. The van der Waals surface area contributed by atoms with Crippen LogP contribution in [0.25, 0.3) is 0 Å². The van der Waals surface area contributed by atoms with E-state index in [1.165, 1.54) is 44.9 Å². The lowest BCUT2D eigenvalue weighted by Crippen LogP contribution is -2.10.